The van der Waals surface area contributed by atoms with Crippen LogP contribution in [0.3, 0.4) is 0 Å². The van der Waals surface area contributed by atoms with Gasteiger partial charge in [-0.1, -0.05) is 103 Å². The minimum Gasteiger partial charge on any atom is -0.478 e. The minimum atomic E-state index is -1.16. The number of carbonyl (C=O) groups is 3. The zero-order valence-electron chi connectivity index (χ0n) is 26.5. The largest absolute Gasteiger partial charge is 0.478 e. The van der Waals surface area contributed by atoms with Crippen LogP contribution in [-0.2, 0) is 22.7 Å². The van der Waals surface area contributed by atoms with Gasteiger partial charge in [0.25, 0.3) is 5.91 Å². The van der Waals surface area contributed by atoms with Crippen molar-refractivity contribution in [2.75, 3.05) is 10.6 Å². The normalized spacial score (nSPS) is 10.4. The van der Waals surface area contributed by atoms with Gasteiger partial charge in [-0.3, -0.25) is 10.1 Å². The van der Waals surface area contributed by atoms with E-state index in [4.69, 9.17) is 10.1 Å². The van der Waals surface area contributed by atoms with Crippen molar-refractivity contribution in [3.8, 4) is 22.3 Å². The van der Waals surface area contributed by atoms with Gasteiger partial charge in [0.15, 0.2) is 0 Å². The highest BCUT2D eigenvalue weighted by molar-refractivity contribution is 6.11. The van der Waals surface area contributed by atoms with Crippen LogP contribution in [0.2, 0.25) is 0 Å². The summed E-state index contributed by atoms with van der Waals surface area (Å²) in [5.41, 5.74) is 9.13. The van der Waals surface area contributed by atoms with Crippen LogP contribution in [0.1, 0.15) is 37.4 Å². The van der Waals surface area contributed by atoms with Crippen molar-refractivity contribution in [3.05, 3.63) is 173 Å². The molecule has 0 bridgehead atoms. The topological polar surface area (TPSA) is 125 Å². The second-order valence-corrected chi connectivity index (χ2v) is 11.1. The molecule has 1 amide bonds. The Morgan fingerprint density at radius 1 is 0.592 bits per heavy atom. The van der Waals surface area contributed by atoms with Crippen molar-refractivity contribution < 1.29 is 29.6 Å². The van der Waals surface area contributed by atoms with Crippen LogP contribution in [0.25, 0.3) is 22.3 Å². The lowest BCUT2D eigenvalue weighted by atomic mass is 9.98. The van der Waals surface area contributed by atoms with Gasteiger partial charge in [-0.05, 0) is 82.3 Å². The van der Waals surface area contributed by atoms with Crippen molar-refractivity contribution in [3.63, 3.8) is 0 Å². The van der Waals surface area contributed by atoms with Crippen molar-refractivity contribution in [1.29, 1.82) is 0 Å². The van der Waals surface area contributed by atoms with Crippen molar-refractivity contribution >= 4 is 35.7 Å². The van der Waals surface area contributed by atoms with Crippen LogP contribution in [0, 0.1) is 0 Å². The van der Waals surface area contributed by atoms with Gasteiger partial charge in [0.2, 0.25) is 0 Å². The first kappa shape index (κ1) is 34.0. The third-order valence-corrected chi connectivity index (χ3v) is 7.89. The first-order valence-electron chi connectivity index (χ1n) is 15.4. The van der Waals surface area contributed by atoms with Gasteiger partial charge in [0.1, 0.15) is 13.4 Å². The third kappa shape index (κ3) is 8.72. The zero-order valence-corrected chi connectivity index (χ0v) is 26.5. The van der Waals surface area contributed by atoms with Gasteiger partial charge in [0, 0.05) is 22.6 Å². The molecule has 6 aromatic rings. The number of rotatable bonds is 11. The number of hydrogen-bond acceptors (Lipinski definition) is 6. The molecule has 49 heavy (non-hydrogen) atoms. The summed E-state index contributed by atoms with van der Waals surface area (Å²) < 4.78 is 0. The molecule has 4 N–H and O–H groups in total. The van der Waals surface area contributed by atoms with E-state index < -0.39 is 11.9 Å². The highest BCUT2D eigenvalue weighted by atomic mass is 17.1. The number of nitrogens with one attached hydrogen (secondary N) is 2. The zero-order chi connectivity index (χ0) is 34.6. The molecule has 0 aliphatic heterocycles. The first-order chi connectivity index (χ1) is 24.0. The fourth-order valence-corrected chi connectivity index (χ4v) is 5.43. The Labute approximate surface area is 284 Å². The number of carboxylic acids is 1. The molecule has 0 heterocycles. The molecule has 0 aliphatic carbocycles. The number of hydrogen-bond donors (Lipinski definition) is 4. The van der Waals surface area contributed by atoms with E-state index in [1.807, 2.05) is 110 Å². The second kappa shape index (κ2) is 16.5. The van der Waals surface area contributed by atoms with E-state index in [2.05, 4.69) is 39.8 Å². The number of benzene rings is 6. The quantitative estimate of drug-likeness (QED) is 0.0814. The van der Waals surface area contributed by atoms with Crippen molar-refractivity contribution in [1.82, 2.24) is 0 Å². The molecule has 244 valence electrons. The highest BCUT2D eigenvalue weighted by Crippen LogP contribution is 2.29. The van der Waals surface area contributed by atoms with Crippen LogP contribution in [-0.4, -0.2) is 29.0 Å². The van der Waals surface area contributed by atoms with Crippen LogP contribution < -0.4 is 10.6 Å². The summed E-state index contributed by atoms with van der Waals surface area (Å²) in [6.07, 6.45) is 0.684. The molecule has 0 radical (unpaired) electrons. The van der Waals surface area contributed by atoms with Gasteiger partial charge in [0.05, 0.1) is 11.1 Å². The Kier molecular flexibility index (Phi) is 11.4. The Hall–Kier alpha value is -6.35. The average Bonchev–Trinajstić information content (AvgIpc) is 3.15. The predicted octanol–water partition coefficient (Wildman–Crippen LogP) is 9.11. The lowest BCUT2D eigenvalue weighted by Gasteiger charge is -2.14. The molecule has 6 aromatic carbocycles. The Morgan fingerprint density at radius 3 is 1.67 bits per heavy atom. The van der Waals surface area contributed by atoms with Crippen molar-refractivity contribution in [2.24, 2.45) is 0 Å². The molecule has 0 saturated carbocycles. The van der Waals surface area contributed by atoms with E-state index >= 15 is 0 Å². The number of carboxylic acid groups (broad SMARTS) is 1. The van der Waals surface area contributed by atoms with Gasteiger partial charge in [-0.2, -0.15) is 0 Å². The molecular formula is C41H34N2O6. The summed E-state index contributed by atoms with van der Waals surface area (Å²) in [5.74, 6) is -1.65. The SMILES string of the molecule is C=O.O=C(O)c1ccc(-c2ccccc2)cc1C(=O)Nc1ccc(Cc2ccc(Nc3cc(-c4ccccc4)ccc3COO)cc2)cc1. The Bertz CT molecular complexity index is 2010. The van der Waals surface area contributed by atoms with Gasteiger partial charge >= 0.3 is 5.97 Å². The van der Waals surface area contributed by atoms with E-state index in [0.717, 1.165) is 50.3 Å². The highest BCUT2D eigenvalue weighted by Gasteiger charge is 2.18. The molecule has 6 rings (SSSR count). The maximum absolute atomic E-state index is 13.2. The van der Waals surface area contributed by atoms with E-state index in [1.54, 1.807) is 12.1 Å². The summed E-state index contributed by atoms with van der Waals surface area (Å²) in [5, 5.41) is 25.1. The standard InChI is InChI=1S/C40H32N2O5.CH2O/c43-39(37-24-31(17-22-36(37)40(44)45)29-7-3-1-4-8-29)42-35-20-13-28(14-21-35)23-27-11-18-34(19-12-27)41-38-25-32(15-16-33(38)26-47-46)30-9-5-2-6-10-30;1-2/h1-22,24-25,41,46H,23,26H2,(H,42,43)(H,44,45);1H2. The molecule has 0 aromatic heterocycles. The molecule has 0 unspecified atom stereocenters. The molecular weight excluding hydrogens is 616 g/mol. The van der Waals surface area contributed by atoms with Crippen LogP contribution in [0.15, 0.2) is 146 Å². The number of carbonyl (C=O) groups excluding carboxylic acids is 2. The summed E-state index contributed by atoms with van der Waals surface area (Å²) in [7, 11) is 0. The van der Waals surface area contributed by atoms with E-state index in [9.17, 15) is 14.7 Å². The van der Waals surface area contributed by atoms with Crippen LogP contribution in [0.5, 0.6) is 0 Å². The molecule has 0 spiro atoms. The van der Waals surface area contributed by atoms with E-state index in [1.165, 1.54) is 6.07 Å². The smallest absolute Gasteiger partial charge is 0.336 e. The van der Waals surface area contributed by atoms with Crippen LogP contribution in [0.4, 0.5) is 17.1 Å². The van der Waals surface area contributed by atoms with Gasteiger partial charge in [-0.15, -0.1) is 0 Å². The monoisotopic (exact) mass is 650 g/mol. The fourth-order valence-electron chi connectivity index (χ4n) is 5.43. The number of anilines is 3. The lowest BCUT2D eigenvalue weighted by molar-refractivity contribution is -0.252. The lowest BCUT2D eigenvalue weighted by Crippen LogP contribution is -2.16. The maximum atomic E-state index is 13.2. The first-order valence-corrected chi connectivity index (χ1v) is 15.4. The molecule has 8 nitrogen and oxygen atoms in total. The summed E-state index contributed by atoms with van der Waals surface area (Å²) in [6.45, 7) is 2.06. The van der Waals surface area contributed by atoms with Gasteiger partial charge < -0.3 is 20.5 Å². The summed E-state index contributed by atoms with van der Waals surface area (Å²) in [4.78, 5) is 37.5. The minimum absolute atomic E-state index is 0.0569. The van der Waals surface area contributed by atoms with E-state index in [-0.39, 0.29) is 17.7 Å². The van der Waals surface area contributed by atoms with E-state index in [0.29, 0.717) is 12.1 Å². The van der Waals surface area contributed by atoms with Gasteiger partial charge in [-0.25, -0.2) is 9.68 Å². The fraction of sp³-hybridized carbons (Fsp3) is 0.0488. The number of aromatic carboxylic acids is 1. The third-order valence-electron chi connectivity index (χ3n) is 7.89. The predicted molar refractivity (Wildman–Crippen MR) is 192 cm³/mol. The molecule has 0 aliphatic rings. The molecule has 0 fully saturated rings. The maximum Gasteiger partial charge on any atom is 0.336 e. The van der Waals surface area contributed by atoms with Crippen molar-refractivity contribution in [2.45, 2.75) is 13.0 Å². The molecule has 0 saturated heterocycles. The second-order valence-electron chi connectivity index (χ2n) is 11.1. The summed E-state index contributed by atoms with van der Waals surface area (Å²) in [6, 6.07) is 46.0. The Balaban J connectivity index is 0.00000230. The molecule has 8 heteroatoms. The summed E-state index contributed by atoms with van der Waals surface area (Å²) >= 11 is 0. The number of amides is 1. The Morgan fingerprint density at radius 2 is 1.12 bits per heavy atom. The molecule has 0 atom stereocenters. The van der Waals surface area contributed by atoms with Crippen LogP contribution >= 0.6 is 0 Å². The average molecular weight is 651 g/mol.